The second-order valence-corrected chi connectivity index (χ2v) is 5.62. The number of benzene rings is 1. The van der Waals surface area contributed by atoms with E-state index in [2.05, 4.69) is 28.2 Å². The minimum atomic E-state index is -0.204. The molecule has 1 aromatic heterocycles. The molecule has 20 heavy (non-hydrogen) atoms. The average molecular weight is 340 g/mol. The molecule has 0 radical (unpaired) electrons. The molecule has 0 fully saturated rings. The van der Waals surface area contributed by atoms with E-state index in [1.54, 1.807) is 12.3 Å². The number of rotatable bonds is 6. The summed E-state index contributed by atoms with van der Waals surface area (Å²) >= 11 is 3.41. The molecule has 2 rings (SSSR count). The van der Waals surface area contributed by atoms with Gasteiger partial charge in [0.25, 0.3) is 0 Å². The highest BCUT2D eigenvalue weighted by Crippen LogP contribution is 2.30. The Labute approximate surface area is 127 Å². The first-order valence-electron chi connectivity index (χ1n) is 6.92. The molecular weight excluding hydrogens is 321 g/mol. The van der Waals surface area contributed by atoms with Gasteiger partial charge in [-0.1, -0.05) is 29.8 Å². The maximum absolute atomic E-state index is 14.2. The highest BCUT2D eigenvalue weighted by Gasteiger charge is 2.21. The Morgan fingerprint density at radius 1 is 1.25 bits per heavy atom. The zero-order valence-electron chi connectivity index (χ0n) is 11.7. The van der Waals surface area contributed by atoms with Gasteiger partial charge in [-0.15, -0.1) is 0 Å². The molecule has 4 heteroatoms. The fourth-order valence-corrected chi connectivity index (χ4v) is 2.69. The second kappa shape index (κ2) is 7.04. The topological polar surface area (TPSA) is 25.2 Å². The summed E-state index contributed by atoms with van der Waals surface area (Å²) in [4.78, 5) is 0. The lowest BCUT2D eigenvalue weighted by molar-refractivity contribution is 0.494. The van der Waals surface area contributed by atoms with Crippen molar-refractivity contribution in [3.05, 3.63) is 57.7 Å². The van der Waals surface area contributed by atoms with E-state index in [1.807, 2.05) is 19.1 Å². The molecule has 2 aromatic rings. The Kier molecular flexibility index (Phi) is 5.38. The van der Waals surface area contributed by atoms with Gasteiger partial charge in [-0.05, 0) is 37.2 Å². The maximum atomic E-state index is 14.2. The normalized spacial score (nSPS) is 12.6. The predicted molar refractivity (Wildman–Crippen MR) is 82.3 cm³/mol. The van der Waals surface area contributed by atoms with Crippen LogP contribution in [0.15, 0.2) is 39.4 Å². The molecule has 0 saturated heterocycles. The highest BCUT2D eigenvalue weighted by molar-refractivity contribution is 9.10. The van der Waals surface area contributed by atoms with Crippen LogP contribution in [0.25, 0.3) is 0 Å². The predicted octanol–water partition coefficient (Wildman–Crippen LogP) is 4.83. The van der Waals surface area contributed by atoms with Crippen molar-refractivity contribution in [3.63, 3.8) is 0 Å². The van der Waals surface area contributed by atoms with Gasteiger partial charge in [-0.3, -0.25) is 0 Å². The summed E-state index contributed by atoms with van der Waals surface area (Å²) in [6.45, 7) is 4.96. The molecule has 0 aliphatic heterocycles. The second-order valence-electron chi connectivity index (χ2n) is 4.71. The van der Waals surface area contributed by atoms with Crippen LogP contribution in [-0.2, 0) is 6.42 Å². The molecule has 1 atom stereocenters. The van der Waals surface area contributed by atoms with Crippen LogP contribution in [-0.4, -0.2) is 6.54 Å². The van der Waals surface area contributed by atoms with Gasteiger partial charge >= 0.3 is 0 Å². The van der Waals surface area contributed by atoms with E-state index in [0.717, 1.165) is 35.2 Å². The first kappa shape index (κ1) is 15.3. The van der Waals surface area contributed by atoms with Gasteiger partial charge in [0.15, 0.2) is 0 Å². The summed E-state index contributed by atoms with van der Waals surface area (Å²) in [7, 11) is 0. The van der Waals surface area contributed by atoms with Gasteiger partial charge in [0.2, 0.25) is 0 Å². The quantitative estimate of drug-likeness (QED) is 0.815. The molecule has 1 unspecified atom stereocenters. The summed E-state index contributed by atoms with van der Waals surface area (Å²) in [5.74, 6) is 0.697. The number of furan rings is 1. The van der Waals surface area contributed by atoms with E-state index in [4.69, 9.17) is 4.42 Å². The molecule has 0 aliphatic carbocycles. The van der Waals surface area contributed by atoms with Crippen molar-refractivity contribution in [1.29, 1.82) is 0 Å². The molecule has 0 spiro atoms. The molecule has 0 bridgehead atoms. The zero-order chi connectivity index (χ0) is 14.5. The van der Waals surface area contributed by atoms with E-state index >= 15 is 0 Å². The fourth-order valence-electron chi connectivity index (χ4n) is 2.31. The van der Waals surface area contributed by atoms with Crippen LogP contribution < -0.4 is 5.32 Å². The minimum Gasteiger partial charge on any atom is -0.469 e. The van der Waals surface area contributed by atoms with Crippen LogP contribution >= 0.6 is 15.9 Å². The Bertz CT molecular complexity index is 567. The van der Waals surface area contributed by atoms with Gasteiger partial charge in [-0.2, -0.15) is 0 Å². The lowest BCUT2D eigenvalue weighted by Crippen LogP contribution is -2.24. The SMILES string of the molecule is CCCNC(c1cc(Br)ccc1F)c1ccoc1CC. The average Bonchev–Trinajstić information content (AvgIpc) is 2.91. The smallest absolute Gasteiger partial charge is 0.128 e. The Hall–Kier alpha value is -1.13. The number of hydrogen-bond donors (Lipinski definition) is 1. The fraction of sp³-hybridized carbons (Fsp3) is 0.375. The highest BCUT2D eigenvalue weighted by atomic mass is 79.9. The van der Waals surface area contributed by atoms with Gasteiger partial charge in [-0.25, -0.2) is 4.39 Å². The molecule has 1 aromatic carbocycles. The summed E-state index contributed by atoms with van der Waals surface area (Å²) in [5.41, 5.74) is 1.65. The minimum absolute atomic E-state index is 0.179. The third-order valence-corrected chi connectivity index (χ3v) is 3.77. The summed E-state index contributed by atoms with van der Waals surface area (Å²) < 4.78 is 20.5. The van der Waals surface area contributed by atoms with Crippen LogP contribution in [0.4, 0.5) is 4.39 Å². The van der Waals surface area contributed by atoms with Crippen molar-refractivity contribution in [2.45, 2.75) is 32.7 Å². The van der Waals surface area contributed by atoms with Crippen LogP contribution in [0.5, 0.6) is 0 Å². The van der Waals surface area contributed by atoms with Crippen LogP contribution in [0.3, 0.4) is 0 Å². The maximum Gasteiger partial charge on any atom is 0.128 e. The molecule has 1 heterocycles. The van der Waals surface area contributed by atoms with Crippen LogP contribution in [0, 0.1) is 5.82 Å². The van der Waals surface area contributed by atoms with E-state index in [-0.39, 0.29) is 11.9 Å². The Balaban J connectivity index is 2.44. The molecule has 0 aliphatic rings. The molecule has 1 N–H and O–H groups in total. The van der Waals surface area contributed by atoms with Gasteiger partial charge in [0, 0.05) is 22.0 Å². The summed E-state index contributed by atoms with van der Waals surface area (Å²) in [5, 5.41) is 3.41. The van der Waals surface area contributed by atoms with Crippen molar-refractivity contribution >= 4 is 15.9 Å². The summed E-state index contributed by atoms with van der Waals surface area (Å²) in [6, 6.07) is 6.78. The Morgan fingerprint density at radius 3 is 2.75 bits per heavy atom. The van der Waals surface area contributed by atoms with Crippen molar-refractivity contribution in [2.75, 3.05) is 6.54 Å². The molecule has 108 valence electrons. The third kappa shape index (κ3) is 3.30. The summed E-state index contributed by atoms with van der Waals surface area (Å²) in [6.07, 6.45) is 3.46. The van der Waals surface area contributed by atoms with Gasteiger partial charge < -0.3 is 9.73 Å². The van der Waals surface area contributed by atoms with E-state index in [0.29, 0.717) is 5.56 Å². The van der Waals surface area contributed by atoms with E-state index < -0.39 is 0 Å². The first-order valence-corrected chi connectivity index (χ1v) is 7.71. The van der Waals surface area contributed by atoms with Gasteiger partial charge in [0.1, 0.15) is 11.6 Å². The van der Waals surface area contributed by atoms with Gasteiger partial charge in [0.05, 0.1) is 12.3 Å². The zero-order valence-corrected chi connectivity index (χ0v) is 13.3. The van der Waals surface area contributed by atoms with Crippen molar-refractivity contribution < 1.29 is 8.81 Å². The standard InChI is InChI=1S/C16H19BrFNO/c1-3-8-19-16(12-7-9-20-15(12)4-2)13-10-11(17)5-6-14(13)18/h5-7,9-10,16,19H,3-4,8H2,1-2H3. The molecular formula is C16H19BrFNO. The lowest BCUT2D eigenvalue weighted by Gasteiger charge is -2.20. The molecule has 0 saturated carbocycles. The van der Waals surface area contributed by atoms with Crippen LogP contribution in [0.1, 0.15) is 43.2 Å². The monoisotopic (exact) mass is 339 g/mol. The number of aryl methyl sites for hydroxylation is 1. The van der Waals surface area contributed by atoms with Crippen molar-refractivity contribution in [1.82, 2.24) is 5.32 Å². The lowest BCUT2D eigenvalue weighted by atomic mass is 9.97. The first-order chi connectivity index (χ1) is 9.67. The van der Waals surface area contributed by atoms with Crippen LogP contribution in [0.2, 0.25) is 0 Å². The largest absolute Gasteiger partial charge is 0.469 e. The van der Waals surface area contributed by atoms with Crippen molar-refractivity contribution in [3.8, 4) is 0 Å². The number of hydrogen-bond acceptors (Lipinski definition) is 2. The third-order valence-electron chi connectivity index (χ3n) is 3.28. The van der Waals surface area contributed by atoms with E-state index in [9.17, 15) is 4.39 Å². The Morgan fingerprint density at radius 2 is 2.05 bits per heavy atom. The molecule has 0 amide bonds. The van der Waals surface area contributed by atoms with E-state index in [1.165, 1.54) is 6.07 Å². The molecule has 2 nitrogen and oxygen atoms in total. The van der Waals surface area contributed by atoms with Crippen molar-refractivity contribution in [2.24, 2.45) is 0 Å². The number of nitrogens with one attached hydrogen (secondary N) is 1. The number of halogens is 2.